The van der Waals surface area contributed by atoms with Gasteiger partial charge in [0.2, 0.25) is 0 Å². The lowest BCUT2D eigenvalue weighted by Crippen LogP contribution is -2.34. The van der Waals surface area contributed by atoms with E-state index < -0.39 is 0 Å². The zero-order valence-electron chi connectivity index (χ0n) is 14.5. The molecule has 1 atom stereocenters. The minimum Gasteiger partial charge on any atom is -0.379 e. The Hall–Kier alpha value is -1.53. The molecular weight excluding hydrogens is 320 g/mol. The van der Waals surface area contributed by atoms with E-state index >= 15 is 0 Å². The molecule has 24 heavy (non-hydrogen) atoms. The Morgan fingerprint density at radius 3 is 2.67 bits per heavy atom. The lowest BCUT2D eigenvalue weighted by Gasteiger charge is -2.30. The van der Waals surface area contributed by atoms with Gasteiger partial charge in [-0.2, -0.15) is 0 Å². The Morgan fingerprint density at radius 2 is 1.96 bits per heavy atom. The van der Waals surface area contributed by atoms with Crippen LogP contribution in [0.3, 0.4) is 0 Å². The molecule has 0 aromatic heterocycles. The highest BCUT2D eigenvalue weighted by Gasteiger charge is 2.29. The van der Waals surface area contributed by atoms with E-state index in [1.54, 1.807) is 11.8 Å². The van der Waals surface area contributed by atoms with Crippen LogP contribution in [0.2, 0.25) is 0 Å². The Morgan fingerprint density at radius 1 is 1.21 bits per heavy atom. The molecule has 0 spiro atoms. The average molecular weight is 347 g/mol. The van der Waals surface area contributed by atoms with Crippen molar-refractivity contribution in [1.82, 2.24) is 9.80 Å². The van der Waals surface area contributed by atoms with Crippen LogP contribution in [-0.4, -0.2) is 59.9 Å². The van der Waals surface area contributed by atoms with E-state index in [2.05, 4.69) is 23.9 Å². The normalized spacial score (nSPS) is 25.9. The molecular formula is C18H26N4OS. The molecule has 2 heterocycles. The Labute approximate surface area is 148 Å². The van der Waals surface area contributed by atoms with Crippen LogP contribution in [0.1, 0.15) is 35.7 Å². The summed E-state index contributed by atoms with van der Waals surface area (Å²) < 4.78 is 0. The number of likely N-dealkylation sites (N-methyl/N-ethyl adjacent to an activating group) is 1. The van der Waals surface area contributed by atoms with Gasteiger partial charge in [0, 0.05) is 31.0 Å². The van der Waals surface area contributed by atoms with Crippen molar-refractivity contribution in [3.05, 3.63) is 35.4 Å². The van der Waals surface area contributed by atoms with Crippen LogP contribution in [0, 0.1) is 0 Å². The fraction of sp³-hybridized carbons (Fsp3) is 0.556. The topological polar surface area (TPSA) is 61.9 Å². The summed E-state index contributed by atoms with van der Waals surface area (Å²) in [6.45, 7) is 5.74. The van der Waals surface area contributed by atoms with Crippen molar-refractivity contribution >= 4 is 22.8 Å². The van der Waals surface area contributed by atoms with Crippen molar-refractivity contribution in [3.8, 4) is 0 Å². The highest BCUT2D eigenvalue weighted by atomic mass is 32.2. The fourth-order valence-electron chi connectivity index (χ4n) is 3.30. The molecule has 0 radical (unpaired) electrons. The quantitative estimate of drug-likeness (QED) is 0.891. The van der Waals surface area contributed by atoms with E-state index in [4.69, 9.17) is 5.73 Å². The maximum atomic E-state index is 12.7. The molecule has 1 amide bonds. The zero-order valence-corrected chi connectivity index (χ0v) is 15.3. The van der Waals surface area contributed by atoms with Crippen LogP contribution in [0.5, 0.6) is 0 Å². The Bertz CT molecular complexity index is 630. The van der Waals surface area contributed by atoms with Crippen LogP contribution < -0.4 is 5.73 Å². The summed E-state index contributed by atoms with van der Waals surface area (Å²) in [5, 5.41) is 0.651. The molecule has 1 aromatic rings. The number of aliphatic imine (C=N–C) groups is 1. The fourth-order valence-corrected chi connectivity index (χ4v) is 4.27. The van der Waals surface area contributed by atoms with E-state index in [9.17, 15) is 4.79 Å². The van der Waals surface area contributed by atoms with Gasteiger partial charge >= 0.3 is 0 Å². The summed E-state index contributed by atoms with van der Waals surface area (Å²) in [5.41, 5.74) is 7.50. The molecule has 1 unspecified atom stereocenters. The second kappa shape index (κ2) is 7.15. The minimum atomic E-state index is -0.276. The zero-order chi connectivity index (χ0) is 17.2. The summed E-state index contributed by atoms with van der Waals surface area (Å²) >= 11 is 1.61. The maximum absolute atomic E-state index is 12.7. The largest absolute Gasteiger partial charge is 0.379 e. The van der Waals surface area contributed by atoms with Gasteiger partial charge in [-0.05, 0) is 51.1 Å². The van der Waals surface area contributed by atoms with Gasteiger partial charge in [0.1, 0.15) is 0 Å². The second-order valence-electron chi connectivity index (χ2n) is 6.85. The maximum Gasteiger partial charge on any atom is 0.253 e. The molecule has 1 fully saturated rings. The van der Waals surface area contributed by atoms with Crippen molar-refractivity contribution in [2.24, 2.45) is 10.7 Å². The third-order valence-electron chi connectivity index (χ3n) is 4.96. The van der Waals surface area contributed by atoms with Crippen LogP contribution in [0.4, 0.5) is 0 Å². The average Bonchev–Trinajstić information content (AvgIpc) is 2.79. The minimum absolute atomic E-state index is 0.129. The molecule has 130 valence electrons. The molecule has 0 saturated carbocycles. The molecule has 2 N–H and O–H groups in total. The second-order valence-corrected chi connectivity index (χ2v) is 7.96. The number of benzene rings is 1. The van der Waals surface area contributed by atoms with Gasteiger partial charge in [0.05, 0.1) is 5.54 Å². The number of carbonyl (C=O) groups excluding carboxylic acids is 1. The number of nitrogens with two attached hydrogens (primary N) is 1. The molecule has 1 aromatic carbocycles. The van der Waals surface area contributed by atoms with Gasteiger partial charge < -0.3 is 15.5 Å². The molecule has 6 heteroatoms. The summed E-state index contributed by atoms with van der Waals surface area (Å²) in [4.78, 5) is 21.6. The standard InChI is InChI=1S/C18H26N4OS/c1-18(8-13-24-17(19)20-18)15-6-4-14(5-7-15)16(23)22-10-3-9-21(2)11-12-22/h4-7H,3,8-13H2,1-2H3,(H2,19,20). The first kappa shape index (κ1) is 17.3. The van der Waals surface area contributed by atoms with Crippen molar-refractivity contribution in [2.75, 3.05) is 39.0 Å². The van der Waals surface area contributed by atoms with Crippen molar-refractivity contribution in [1.29, 1.82) is 0 Å². The van der Waals surface area contributed by atoms with Gasteiger partial charge in [0.15, 0.2) is 5.17 Å². The molecule has 3 rings (SSSR count). The lowest BCUT2D eigenvalue weighted by molar-refractivity contribution is 0.0763. The lowest BCUT2D eigenvalue weighted by atomic mass is 9.89. The SMILES string of the molecule is CN1CCCN(C(=O)c2ccc(C3(C)CCSC(N)=N3)cc2)CC1. The first-order valence-electron chi connectivity index (χ1n) is 8.54. The van der Waals surface area contributed by atoms with E-state index in [-0.39, 0.29) is 11.4 Å². The number of amides is 1. The number of thioether (sulfide) groups is 1. The van der Waals surface area contributed by atoms with Crippen LogP contribution in [-0.2, 0) is 5.54 Å². The summed E-state index contributed by atoms with van der Waals surface area (Å²) in [7, 11) is 2.11. The van der Waals surface area contributed by atoms with Gasteiger partial charge in [-0.25, -0.2) is 0 Å². The predicted molar refractivity (Wildman–Crippen MR) is 101 cm³/mol. The molecule has 2 aliphatic heterocycles. The molecule has 5 nitrogen and oxygen atoms in total. The van der Waals surface area contributed by atoms with Crippen molar-refractivity contribution in [2.45, 2.75) is 25.3 Å². The van der Waals surface area contributed by atoms with Crippen LogP contribution in [0.25, 0.3) is 0 Å². The Kier molecular flexibility index (Phi) is 5.15. The summed E-state index contributed by atoms with van der Waals surface area (Å²) in [6.07, 6.45) is 1.99. The molecule has 1 saturated heterocycles. The van der Waals surface area contributed by atoms with Crippen molar-refractivity contribution in [3.63, 3.8) is 0 Å². The number of amidine groups is 1. The molecule has 0 bridgehead atoms. The third kappa shape index (κ3) is 3.75. The van der Waals surface area contributed by atoms with E-state index in [0.29, 0.717) is 5.17 Å². The predicted octanol–water partition coefficient (Wildman–Crippen LogP) is 2.13. The highest BCUT2D eigenvalue weighted by molar-refractivity contribution is 8.13. The van der Waals surface area contributed by atoms with Gasteiger partial charge in [-0.15, -0.1) is 0 Å². The highest BCUT2D eigenvalue weighted by Crippen LogP contribution is 2.35. The smallest absolute Gasteiger partial charge is 0.253 e. The number of hydrogen-bond acceptors (Lipinski definition) is 5. The van der Waals surface area contributed by atoms with Crippen LogP contribution >= 0.6 is 11.8 Å². The number of nitrogens with zero attached hydrogens (tertiary/aromatic N) is 3. The first-order chi connectivity index (χ1) is 11.5. The van der Waals surface area contributed by atoms with Crippen LogP contribution in [0.15, 0.2) is 29.3 Å². The number of rotatable bonds is 2. The van der Waals surface area contributed by atoms with E-state index in [1.807, 2.05) is 29.2 Å². The number of carbonyl (C=O) groups is 1. The Balaban J connectivity index is 1.74. The first-order valence-corrected chi connectivity index (χ1v) is 9.53. The van der Waals surface area contributed by atoms with E-state index in [1.165, 1.54) is 0 Å². The monoisotopic (exact) mass is 346 g/mol. The van der Waals surface area contributed by atoms with Gasteiger partial charge in [-0.3, -0.25) is 9.79 Å². The summed E-state index contributed by atoms with van der Waals surface area (Å²) in [6, 6.07) is 7.93. The van der Waals surface area contributed by atoms with Gasteiger partial charge in [0.25, 0.3) is 5.91 Å². The van der Waals surface area contributed by atoms with Crippen molar-refractivity contribution < 1.29 is 4.79 Å². The molecule has 0 aliphatic carbocycles. The van der Waals surface area contributed by atoms with Gasteiger partial charge in [-0.1, -0.05) is 23.9 Å². The number of hydrogen-bond donors (Lipinski definition) is 1. The molecule has 2 aliphatic rings. The van der Waals surface area contributed by atoms with E-state index in [0.717, 1.165) is 55.9 Å². The third-order valence-corrected chi connectivity index (χ3v) is 5.75. The summed E-state index contributed by atoms with van der Waals surface area (Å²) in [5.74, 6) is 1.11.